The number of benzene rings is 2. The Morgan fingerprint density at radius 1 is 1.38 bits per heavy atom. The molecule has 0 heterocycles. The van der Waals surface area contributed by atoms with Crippen LogP contribution in [0.2, 0.25) is 5.02 Å². The van der Waals surface area contributed by atoms with Gasteiger partial charge in [-0.05, 0) is 30.3 Å². The smallest absolute Gasteiger partial charge is 0.341 e. The summed E-state index contributed by atoms with van der Waals surface area (Å²) in [5, 5.41) is 17.9. The molecule has 0 radical (unpaired) electrons. The van der Waals surface area contributed by atoms with Gasteiger partial charge >= 0.3 is 5.97 Å². The van der Waals surface area contributed by atoms with Crippen LogP contribution in [-0.2, 0) is 6.61 Å². The Kier molecular flexibility index (Phi) is 4.41. The third kappa shape index (κ3) is 3.30. The first-order valence-corrected chi connectivity index (χ1v) is 6.24. The first kappa shape index (κ1) is 14.8. The zero-order chi connectivity index (χ0) is 15.4. The minimum absolute atomic E-state index is 0.0336. The van der Waals surface area contributed by atoms with E-state index in [1.165, 1.54) is 30.3 Å². The summed E-state index contributed by atoms with van der Waals surface area (Å²) in [7, 11) is 0. The first-order valence-electron chi connectivity index (χ1n) is 5.86. The Morgan fingerprint density at radius 2 is 2.14 bits per heavy atom. The molecule has 0 unspecified atom stereocenters. The molecule has 6 heteroatoms. The van der Waals surface area contributed by atoms with E-state index < -0.39 is 11.8 Å². The predicted octanol–water partition coefficient (Wildman–Crippen LogP) is 3.63. The molecule has 0 aliphatic heterocycles. The van der Waals surface area contributed by atoms with Crippen molar-refractivity contribution in [1.82, 2.24) is 0 Å². The van der Waals surface area contributed by atoms with Gasteiger partial charge < -0.3 is 9.84 Å². The molecule has 21 heavy (non-hydrogen) atoms. The van der Waals surface area contributed by atoms with E-state index in [9.17, 15) is 9.18 Å². The van der Waals surface area contributed by atoms with Crippen molar-refractivity contribution in [3.05, 3.63) is 63.9 Å². The second kappa shape index (κ2) is 6.25. The van der Waals surface area contributed by atoms with Crippen LogP contribution in [0.3, 0.4) is 0 Å². The molecule has 0 aliphatic rings. The maximum Gasteiger partial charge on any atom is 0.341 e. The Hall–Kier alpha value is -2.58. The Bertz CT molecular complexity index is 740. The van der Waals surface area contributed by atoms with Crippen LogP contribution in [0.5, 0.6) is 5.75 Å². The van der Waals surface area contributed by atoms with Gasteiger partial charge in [-0.1, -0.05) is 17.7 Å². The fraction of sp³-hybridized carbons (Fsp3) is 0.0667. The predicted molar refractivity (Wildman–Crippen MR) is 73.9 cm³/mol. The molecule has 0 atom stereocenters. The van der Waals surface area contributed by atoms with E-state index in [1.807, 2.05) is 6.07 Å². The summed E-state index contributed by atoms with van der Waals surface area (Å²) in [4.78, 5) is 11.1. The molecule has 0 saturated heterocycles. The summed E-state index contributed by atoms with van der Waals surface area (Å²) in [5.41, 5.74) is 0.265. The topological polar surface area (TPSA) is 70.3 Å². The molecule has 0 saturated carbocycles. The van der Waals surface area contributed by atoms with Crippen LogP contribution in [0.25, 0.3) is 0 Å². The first-order chi connectivity index (χ1) is 10.0. The molecule has 2 rings (SSSR count). The highest BCUT2D eigenvalue weighted by Gasteiger charge is 2.16. The number of hydrogen-bond acceptors (Lipinski definition) is 3. The summed E-state index contributed by atoms with van der Waals surface area (Å²) >= 11 is 5.81. The molecule has 0 fully saturated rings. The van der Waals surface area contributed by atoms with Crippen LogP contribution < -0.4 is 4.74 Å². The van der Waals surface area contributed by atoms with Crippen molar-refractivity contribution in [3.63, 3.8) is 0 Å². The highest BCUT2D eigenvalue weighted by molar-refractivity contribution is 6.33. The van der Waals surface area contributed by atoms with E-state index in [-0.39, 0.29) is 28.5 Å². The summed E-state index contributed by atoms with van der Waals surface area (Å²) in [5.74, 6) is -1.73. The fourth-order valence-electron chi connectivity index (χ4n) is 1.74. The van der Waals surface area contributed by atoms with Gasteiger partial charge in [0.05, 0.1) is 16.7 Å². The summed E-state index contributed by atoms with van der Waals surface area (Å²) in [6.45, 7) is -0.206. The number of aromatic carboxylic acids is 1. The number of carbonyl (C=O) groups is 1. The normalized spacial score (nSPS) is 9.95. The number of rotatable bonds is 4. The third-order valence-electron chi connectivity index (χ3n) is 2.75. The van der Waals surface area contributed by atoms with Crippen LogP contribution >= 0.6 is 11.6 Å². The molecule has 0 amide bonds. The molecule has 0 spiro atoms. The lowest BCUT2D eigenvalue weighted by Gasteiger charge is -2.11. The van der Waals surface area contributed by atoms with Crippen molar-refractivity contribution >= 4 is 17.6 Å². The van der Waals surface area contributed by atoms with Crippen molar-refractivity contribution in [2.75, 3.05) is 0 Å². The van der Waals surface area contributed by atoms with E-state index in [2.05, 4.69) is 0 Å². The molecule has 2 aromatic carbocycles. The van der Waals surface area contributed by atoms with E-state index in [0.29, 0.717) is 5.56 Å². The van der Waals surface area contributed by atoms with Crippen molar-refractivity contribution in [2.45, 2.75) is 6.61 Å². The van der Waals surface area contributed by atoms with Gasteiger partial charge in [0.25, 0.3) is 0 Å². The number of ether oxygens (including phenoxy) is 1. The van der Waals surface area contributed by atoms with Gasteiger partial charge in [0.15, 0.2) is 0 Å². The lowest BCUT2D eigenvalue weighted by atomic mass is 10.1. The second-order valence-electron chi connectivity index (χ2n) is 4.12. The van der Waals surface area contributed by atoms with Gasteiger partial charge in [0.1, 0.15) is 23.7 Å². The average Bonchev–Trinajstić information content (AvgIpc) is 2.46. The van der Waals surface area contributed by atoms with Gasteiger partial charge in [-0.25, -0.2) is 9.18 Å². The molecule has 0 bridgehead atoms. The van der Waals surface area contributed by atoms with Gasteiger partial charge in [-0.15, -0.1) is 0 Å². The number of nitrogens with zero attached hydrogens (tertiary/aromatic N) is 1. The van der Waals surface area contributed by atoms with Gasteiger partial charge in [0, 0.05) is 5.56 Å². The molecule has 2 aromatic rings. The Morgan fingerprint density at radius 3 is 2.81 bits per heavy atom. The van der Waals surface area contributed by atoms with E-state index in [0.717, 1.165) is 6.07 Å². The van der Waals surface area contributed by atoms with Gasteiger partial charge in [-0.2, -0.15) is 5.26 Å². The zero-order valence-electron chi connectivity index (χ0n) is 10.6. The monoisotopic (exact) mass is 305 g/mol. The molecule has 4 nitrogen and oxygen atoms in total. The highest BCUT2D eigenvalue weighted by atomic mass is 35.5. The van der Waals surface area contributed by atoms with Crippen molar-refractivity contribution in [3.8, 4) is 11.8 Å². The molecule has 0 aliphatic carbocycles. The molecule has 106 valence electrons. The number of carboxylic acids is 1. The zero-order valence-corrected chi connectivity index (χ0v) is 11.4. The minimum Gasteiger partial charge on any atom is -0.488 e. The molecule has 0 aromatic heterocycles. The molecular weight excluding hydrogens is 297 g/mol. The lowest BCUT2D eigenvalue weighted by Crippen LogP contribution is -2.05. The molecule has 1 N–H and O–H groups in total. The lowest BCUT2D eigenvalue weighted by molar-refractivity contribution is 0.0692. The highest BCUT2D eigenvalue weighted by Crippen LogP contribution is 2.27. The number of nitriles is 1. The van der Waals surface area contributed by atoms with E-state index in [1.54, 1.807) is 0 Å². The van der Waals surface area contributed by atoms with E-state index >= 15 is 0 Å². The van der Waals surface area contributed by atoms with Crippen LogP contribution in [0.15, 0.2) is 36.4 Å². The van der Waals surface area contributed by atoms with Crippen LogP contribution in [0.4, 0.5) is 4.39 Å². The van der Waals surface area contributed by atoms with Gasteiger partial charge in [-0.3, -0.25) is 0 Å². The average molecular weight is 306 g/mol. The SMILES string of the molecule is N#Cc1ccc(F)c(COc2cccc(Cl)c2C(=O)O)c1. The standard InChI is InChI=1S/C15H9ClFNO3/c16-11-2-1-3-13(14(11)15(19)20)21-8-10-6-9(7-18)4-5-12(10)17/h1-6H,8H2,(H,19,20). The van der Waals surface area contributed by atoms with Crippen LogP contribution in [0.1, 0.15) is 21.5 Å². The maximum absolute atomic E-state index is 13.6. The number of halogens is 2. The van der Waals surface area contributed by atoms with Crippen molar-refractivity contribution in [2.24, 2.45) is 0 Å². The minimum atomic E-state index is -1.23. The second-order valence-corrected chi connectivity index (χ2v) is 4.53. The Labute approximate surface area is 125 Å². The summed E-state index contributed by atoms with van der Waals surface area (Å²) in [6, 6.07) is 10.1. The maximum atomic E-state index is 13.6. The number of carboxylic acid groups (broad SMARTS) is 1. The molecular formula is C15H9ClFNO3. The van der Waals surface area contributed by atoms with E-state index in [4.69, 9.17) is 26.7 Å². The Balaban J connectivity index is 2.27. The van der Waals surface area contributed by atoms with Crippen LogP contribution in [0, 0.1) is 17.1 Å². The van der Waals surface area contributed by atoms with Crippen molar-refractivity contribution < 1.29 is 19.0 Å². The number of hydrogen-bond donors (Lipinski definition) is 1. The summed E-state index contributed by atoms with van der Waals surface area (Å²) < 4.78 is 18.9. The quantitative estimate of drug-likeness (QED) is 0.936. The summed E-state index contributed by atoms with van der Waals surface area (Å²) in [6.07, 6.45) is 0. The van der Waals surface area contributed by atoms with Crippen LogP contribution in [-0.4, -0.2) is 11.1 Å². The van der Waals surface area contributed by atoms with Crippen molar-refractivity contribution in [1.29, 1.82) is 5.26 Å². The largest absolute Gasteiger partial charge is 0.488 e. The van der Waals surface area contributed by atoms with Gasteiger partial charge in [0.2, 0.25) is 0 Å². The fourth-order valence-corrected chi connectivity index (χ4v) is 1.99. The third-order valence-corrected chi connectivity index (χ3v) is 3.06.